The van der Waals surface area contributed by atoms with Gasteiger partial charge in [0.1, 0.15) is 17.5 Å². The first kappa shape index (κ1) is 15.5. The van der Waals surface area contributed by atoms with Crippen molar-refractivity contribution in [2.45, 2.75) is 13.8 Å². The lowest BCUT2D eigenvalue weighted by Crippen LogP contribution is -2.02. The molecular formula is C18H14ClN3S. The molecular weight excluding hydrogens is 326 g/mol. The summed E-state index contributed by atoms with van der Waals surface area (Å²) in [5, 5.41) is 10.2. The summed E-state index contributed by atoms with van der Waals surface area (Å²) in [7, 11) is 0. The number of thiophene rings is 1. The van der Waals surface area contributed by atoms with Crippen molar-refractivity contribution >= 4 is 28.8 Å². The number of pyridine rings is 1. The van der Waals surface area contributed by atoms with Crippen molar-refractivity contribution in [3.05, 3.63) is 57.4 Å². The number of hydrogen-bond acceptors (Lipinski definition) is 4. The highest BCUT2D eigenvalue weighted by molar-refractivity contribution is 7.15. The Labute approximate surface area is 144 Å². The number of hydrogen-bond donors (Lipinski definition) is 1. The van der Waals surface area contributed by atoms with E-state index in [1.807, 2.05) is 50.2 Å². The van der Waals surface area contributed by atoms with Gasteiger partial charge in [0.15, 0.2) is 0 Å². The third kappa shape index (κ3) is 2.81. The first-order chi connectivity index (χ1) is 11.0. The molecule has 0 aliphatic carbocycles. The Hall–Kier alpha value is -2.35. The Bertz CT molecular complexity index is 921. The number of aryl methyl sites for hydroxylation is 1. The predicted octanol–water partition coefficient (Wildman–Crippen LogP) is 5.20. The number of rotatable bonds is 2. The molecule has 0 radical (unpaired) electrons. The number of anilines is 1. The molecule has 0 fully saturated rings. The maximum Gasteiger partial charge on any atom is 0.142 e. The van der Waals surface area contributed by atoms with Gasteiger partial charge < -0.3 is 5.73 Å². The molecule has 3 aromatic rings. The van der Waals surface area contributed by atoms with E-state index in [0.29, 0.717) is 10.6 Å². The molecule has 2 heterocycles. The van der Waals surface area contributed by atoms with Crippen molar-refractivity contribution in [3.8, 4) is 27.8 Å². The van der Waals surface area contributed by atoms with E-state index < -0.39 is 0 Å². The van der Waals surface area contributed by atoms with Gasteiger partial charge in [0.05, 0.1) is 5.69 Å². The van der Waals surface area contributed by atoms with Crippen LogP contribution < -0.4 is 5.73 Å². The molecule has 0 atom stereocenters. The number of nitrogen functional groups attached to an aromatic ring is 1. The van der Waals surface area contributed by atoms with Crippen molar-refractivity contribution in [3.63, 3.8) is 0 Å². The highest BCUT2D eigenvalue weighted by Gasteiger charge is 2.19. The van der Waals surface area contributed by atoms with Gasteiger partial charge in [-0.25, -0.2) is 4.98 Å². The van der Waals surface area contributed by atoms with E-state index in [1.54, 1.807) is 11.3 Å². The van der Waals surface area contributed by atoms with Crippen LogP contribution in [0, 0.1) is 25.2 Å². The van der Waals surface area contributed by atoms with Crippen LogP contribution in [-0.2, 0) is 0 Å². The topological polar surface area (TPSA) is 62.7 Å². The van der Waals surface area contributed by atoms with Gasteiger partial charge >= 0.3 is 0 Å². The minimum Gasteiger partial charge on any atom is -0.383 e. The summed E-state index contributed by atoms with van der Waals surface area (Å²) in [5.74, 6) is 0.254. The van der Waals surface area contributed by atoms with Gasteiger partial charge in [-0.15, -0.1) is 11.3 Å². The van der Waals surface area contributed by atoms with Gasteiger partial charge in [-0.05, 0) is 43.7 Å². The van der Waals surface area contributed by atoms with Crippen molar-refractivity contribution < 1.29 is 0 Å². The number of aromatic nitrogens is 1. The molecule has 3 nitrogen and oxygen atoms in total. The monoisotopic (exact) mass is 339 g/mol. The normalized spacial score (nSPS) is 10.5. The third-order valence-corrected chi connectivity index (χ3v) is 4.95. The Balaban J connectivity index is 2.30. The molecule has 2 N–H and O–H groups in total. The summed E-state index contributed by atoms with van der Waals surface area (Å²) in [6.07, 6.45) is 0. The van der Waals surface area contributed by atoms with Crippen molar-refractivity contribution in [2.75, 3.05) is 5.73 Å². The van der Waals surface area contributed by atoms with Crippen LogP contribution in [0.2, 0.25) is 5.02 Å². The molecule has 0 spiro atoms. The van der Waals surface area contributed by atoms with Crippen molar-refractivity contribution in [2.24, 2.45) is 0 Å². The summed E-state index contributed by atoms with van der Waals surface area (Å²) < 4.78 is 0. The minimum atomic E-state index is 0.254. The maximum absolute atomic E-state index is 9.51. The van der Waals surface area contributed by atoms with Gasteiger partial charge in [-0.3, -0.25) is 0 Å². The number of nitrogens with zero attached hydrogens (tertiary/aromatic N) is 2. The number of nitriles is 1. The molecule has 3 rings (SSSR count). The SMILES string of the molecule is Cc1ccc(-c2c(C)c(-c3ccc(Cl)cc3)nc(N)c2C#N)s1. The molecule has 2 aromatic heterocycles. The molecule has 23 heavy (non-hydrogen) atoms. The van der Waals surface area contributed by atoms with E-state index in [0.717, 1.165) is 27.3 Å². The van der Waals surface area contributed by atoms with Crippen LogP contribution in [0.15, 0.2) is 36.4 Å². The zero-order valence-corrected chi connectivity index (χ0v) is 14.3. The molecule has 0 unspecified atom stereocenters. The fraction of sp³-hybridized carbons (Fsp3) is 0.111. The second-order valence-electron chi connectivity index (χ2n) is 5.25. The second kappa shape index (κ2) is 6.04. The highest BCUT2D eigenvalue weighted by Crippen LogP contribution is 2.38. The van der Waals surface area contributed by atoms with Crippen LogP contribution in [0.5, 0.6) is 0 Å². The van der Waals surface area contributed by atoms with E-state index >= 15 is 0 Å². The lowest BCUT2D eigenvalue weighted by Gasteiger charge is -2.14. The third-order valence-electron chi connectivity index (χ3n) is 3.68. The van der Waals surface area contributed by atoms with Crippen LogP contribution in [0.3, 0.4) is 0 Å². The van der Waals surface area contributed by atoms with E-state index in [-0.39, 0.29) is 5.82 Å². The number of benzene rings is 1. The molecule has 5 heteroatoms. The smallest absolute Gasteiger partial charge is 0.142 e. The molecule has 0 saturated carbocycles. The van der Waals surface area contributed by atoms with Gasteiger partial charge in [0.25, 0.3) is 0 Å². The number of halogens is 1. The lowest BCUT2D eigenvalue weighted by molar-refractivity contribution is 1.26. The number of nitrogens with two attached hydrogens (primary N) is 1. The summed E-state index contributed by atoms with van der Waals surface area (Å²) in [6, 6.07) is 13.7. The van der Waals surface area contributed by atoms with Crippen LogP contribution in [0.1, 0.15) is 16.0 Å². The highest BCUT2D eigenvalue weighted by atomic mass is 35.5. The van der Waals surface area contributed by atoms with Gasteiger partial charge in [-0.1, -0.05) is 23.7 Å². The summed E-state index contributed by atoms with van der Waals surface area (Å²) in [4.78, 5) is 6.67. The quantitative estimate of drug-likeness (QED) is 0.697. The van der Waals surface area contributed by atoms with Crippen LogP contribution in [0.25, 0.3) is 21.7 Å². The van der Waals surface area contributed by atoms with E-state index in [9.17, 15) is 5.26 Å². The molecule has 0 aliphatic heterocycles. The Morgan fingerprint density at radius 1 is 1.13 bits per heavy atom. The first-order valence-electron chi connectivity index (χ1n) is 7.04. The molecule has 0 saturated heterocycles. The molecule has 0 bridgehead atoms. The first-order valence-corrected chi connectivity index (χ1v) is 8.23. The average Bonchev–Trinajstić information content (AvgIpc) is 2.95. The van der Waals surface area contributed by atoms with Gasteiger partial charge in [0, 0.05) is 25.9 Å². The molecule has 1 aromatic carbocycles. The Morgan fingerprint density at radius 3 is 2.39 bits per heavy atom. The van der Waals surface area contributed by atoms with Gasteiger partial charge in [0.2, 0.25) is 0 Å². The van der Waals surface area contributed by atoms with Crippen molar-refractivity contribution in [1.82, 2.24) is 4.98 Å². The minimum absolute atomic E-state index is 0.254. The zero-order chi connectivity index (χ0) is 16.6. The fourth-order valence-corrected chi connectivity index (χ4v) is 3.68. The maximum atomic E-state index is 9.51. The van der Waals surface area contributed by atoms with Crippen LogP contribution in [0.4, 0.5) is 5.82 Å². The summed E-state index contributed by atoms with van der Waals surface area (Å²) in [6.45, 7) is 4.02. The van der Waals surface area contributed by atoms with Crippen LogP contribution in [-0.4, -0.2) is 4.98 Å². The van der Waals surface area contributed by atoms with Crippen molar-refractivity contribution in [1.29, 1.82) is 5.26 Å². The van der Waals surface area contributed by atoms with Gasteiger partial charge in [-0.2, -0.15) is 5.26 Å². The average molecular weight is 340 g/mol. The molecule has 0 aliphatic rings. The molecule has 114 valence electrons. The standard InChI is InChI=1S/C18H14ClN3S/c1-10-3-8-15(23-10)16-11(2)17(22-18(21)14(16)9-20)12-4-6-13(19)7-5-12/h3-8H,1-2H3,(H2,21,22). The van der Waals surface area contributed by atoms with Crippen LogP contribution >= 0.6 is 22.9 Å². The molecule has 0 amide bonds. The van der Waals surface area contributed by atoms with E-state index in [4.69, 9.17) is 17.3 Å². The summed E-state index contributed by atoms with van der Waals surface area (Å²) in [5.41, 5.74) is 10.0. The van der Waals surface area contributed by atoms with E-state index in [2.05, 4.69) is 11.1 Å². The lowest BCUT2D eigenvalue weighted by atomic mass is 9.97. The predicted molar refractivity (Wildman–Crippen MR) is 96.6 cm³/mol. The Kier molecular flexibility index (Phi) is 4.08. The van der Waals surface area contributed by atoms with E-state index in [1.165, 1.54) is 4.88 Å². The Morgan fingerprint density at radius 2 is 1.83 bits per heavy atom. The summed E-state index contributed by atoms with van der Waals surface area (Å²) >= 11 is 7.61. The zero-order valence-electron chi connectivity index (χ0n) is 12.7. The fourth-order valence-electron chi connectivity index (χ4n) is 2.57. The largest absolute Gasteiger partial charge is 0.383 e. The second-order valence-corrected chi connectivity index (χ2v) is 6.97.